The van der Waals surface area contributed by atoms with Crippen LogP contribution in [0.25, 0.3) is 0 Å². The number of nitrogens with zero attached hydrogens (tertiary/aromatic N) is 4. The number of likely N-dealkylation sites (tertiary alicyclic amines) is 1. The minimum atomic E-state index is 0.433. The van der Waals surface area contributed by atoms with Crippen LogP contribution in [0.15, 0.2) is 58.3 Å². The Bertz CT molecular complexity index is 816. The number of benzene rings is 1. The zero-order chi connectivity index (χ0) is 17.8. The summed E-state index contributed by atoms with van der Waals surface area (Å²) in [5, 5.41) is 9.96. The first-order valence-electron chi connectivity index (χ1n) is 9.10. The van der Waals surface area contributed by atoms with Crippen LogP contribution < -0.4 is 0 Å². The van der Waals surface area contributed by atoms with Gasteiger partial charge in [0.15, 0.2) is 5.16 Å². The van der Waals surface area contributed by atoms with Crippen molar-refractivity contribution in [3.05, 3.63) is 65.9 Å². The molecule has 1 aromatic carbocycles. The predicted molar refractivity (Wildman–Crippen MR) is 103 cm³/mol. The third kappa shape index (κ3) is 4.02. The predicted octanol–water partition coefficient (Wildman–Crippen LogP) is 4.08. The van der Waals surface area contributed by atoms with E-state index in [1.165, 1.54) is 18.4 Å². The van der Waals surface area contributed by atoms with Crippen LogP contribution in [-0.4, -0.2) is 32.8 Å². The third-order valence-corrected chi connectivity index (χ3v) is 6.00. The molecule has 0 unspecified atom stereocenters. The summed E-state index contributed by atoms with van der Waals surface area (Å²) < 4.78 is 7.68. The van der Waals surface area contributed by atoms with Crippen molar-refractivity contribution in [1.82, 2.24) is 19.7 Å². The molecule has 0 bridgehead atoms. The SMILES string of the molecule is Cn1c(SCc2ccccc2)nnc1[C@H]1CCCN(Cc2ccco2)C1. The average Bonchev–Trinajstić information content (AvgIpc) is 3.31. The molecular weight excluding hydrogens is 344 g/mol. The molecule has 1 saturated heterocycles. The number of thioether (sulfide) groups is 1. The normalized spacial score (nSPS) is 18.3. The van der Waals surface area contributed by atoms with Crippen LogP contribution in [0.4, 0.5) is 0 Å². The average molecular weight is 369 g/mol. The third-order valence-electron chi connectivity index (χ3n) is 4.91. The Labute approximate surface area is 158 Å². The van der Waals surface area contributed by atoms with Crippen molar-refractivity contribution in [2.45, 2.75) is 36.2 Å². The first-order valence-corrected chi connectivity index (χ1v) is 10.1. The van der Waals surface area contributed by atoms with E-state index in [2.05, 4.69) is 51.0 Å². The Morgan fingerprint density at radius 3 is 2.85 bits per heavy atom. The van der Waals surface area contributed by atoms with Gasteiger partial charge in [0.25, 0.3) is 0 Å². The molecule has 1 atom stereocenters. The molecule has 3 aromatic rings. The maximum atomic E-state index is 5.50. The lowest BCUT2D eigenvalue weighted by atomic mass is 9.97. The van der Waals surface area contributed by atoms with Gasteiger partial charge in [-0.25, -0.2) is 0 Å². The van der Waals surface area contributed by atoms with Gasteiger partial charge in [0.2, 0.25) is 0 Å². The van der Waals surface area contributed by atoms with Crippen LogP contribution in [-0.2, 0) is 19.3 Å². The summed E-state index contributed by atoms with van der Waals surface area (Å²) in [6.45, 7) is 3.00. The van der Waals surface area contributed by atoms with E-state index in [9.17, 15) is 0 Å². The second kappa shape index (κ2) is 8.10. The summed E-state index contributed by atoms with van der Waals surface area (Å²) in [5.74, 6) is 3.48. The topological polar surface area (TPSA) is 47.1 Å². The number of hydrogen-bond donors (Lipinski definition) is 0. The van der Waals surface area contributed by atoms with Crippen molar-refractivity contribution < 1.29 is 4.42 Å². The van der Waals surface area contributed by atoms with E-state index >= 15 is 0 Å². The van der Waals surface area contributed by atoms with Gasteiger partial charge in [-0.05, 0) is 37.1 Å². The summed E-state index contributed by atoms with van der Waals surface area (Å²) in [4.78, 5) is 2.46. The summed E-state index contributed by atoms with van der Waals surface area (Å²) in [7, 11) is 2.09. The highest BCUT2D eigenvalue weighted by molar-refractivity contribution is 7.98. The molecular formula is C20H24N4OS. The summed E-state index contributed by atoms with van der Waals surface area (Å²) in [6.07, 6.45) is 4.10. The second-order valence-corrected chi connectivity index (χ2v) is 7.77. The lowest BCUT2D eigenvalue weighted by Gasteiger charge is -2.31. The molecule has 3 heterocycles. The Kier molecular flexibility index (Phi) is 5.41. The van der Waals surface area contributed by atoms with Crippen molar-refractivity contribution in [2.24, 2.45) is 7.05 Å². The molecule has 0 saturated carbocycles. The van der Waals surface area contributed by atoms with Crippen molar-refractivity contribution >= 4 is 11.8 Å². The maximum Gasteiger partial charge on any atom is 0.191 e. The Morgan fingerprint density at radius 2 is 2.04 bits per heavy atom. The molecule has 1 aliphatic heterocycles. The van der Waals surface area contributed by atoms with E-state index < -0.39 is 0 Å². The Morgan fingerprint density at radius 1 is 1.15 bits per heavy atom. The van der Waals surface area contributed by atoms with Gasteiger partial charge in [0.05, 0.1) is 12.8 Å². The molecule has 1 fully saturated rings. The molecule has 0 N–H and O–H groups in total. The first kappa shape index (κ1) is 17.4. The van der Waals surface area contributed by atoms with E-state index in [1.54, 1.807) is 18.0 Å². The van der Waals surface area contributed by atoms with Gasteiger partial charge in [-0.3, -0.25) is 4.90 Å². The minimum absolute atomic E-state index is 0.433. The quantitative estimate of drug-likeness (QED) is 0.614. The molecule has 0 spiro atoms. The van der Waals surface area contributed by atoms with E-state index in [1.807, 2.05) is 18.2 Å². The fourth-order valence-corrected chi connectivity index (χ4v) is 4.44. The van der Waals surface area contributed by atoms with Crippen LogP contribution >= 0.6 is 11.8 Å². The van der Waals surface area contributed by atoms with E-state index in [-0.39, 0.29) is 0 Å². The van der Waals surface area contributed by atoms with Gasteiger partial charge in [0.1, 0.15) is 11.6 Å². The zero-order valence-electron chi connectivity index (χ0n) is 15.0. The van der Waals surface area contributed by atoms with Gasteiger partial charge in [-0.1, -0.05) is 42.1 Å². The molecule has 136 valence electrons. The van der Waals surface area contributed by atoms with Crippen molar-refractivity contribution in [2.75, 3.05) is 13.1 Å². The van der Waals surface area contributed by atoms with Crippen LogP contribution in [0, 0.1) is 0 Å². The molecule has 0 radical (unpaired) electrons. The van der Waals surface area contributed by atoms with Gasteiger partial charge < -0.3 is 8.98 Å². The molecule has 4 rings (SSSR count). The molecule has 5 nitrogen and oxygen atoms in total. The van der Waals surface area contributed by atoms with Crippen molar-refractivity contribution in [3.8, 4) is 0 Å². The molecule has 0 aliphatic carbocycles. The molecule has 0 amide bonds. The second-order valence-electron chi connectivity index (χ2n) is 6.83. The molecule has 1 aliphatic rings. The highest BCUT2D eigenvalue weighted by Gasteiger charge is 2.26. The summed E-state index contributed by atoms with van der Waals surface area (Å²) in [5.41, 5.74) is 1.31. The first-order chi connectivity index (χ1) is 12.8. The van der Waals surface area contributed by atoms with Gasteiger partial charge in [-0.2, -0.15) is 0 Å². The van der Waals surface area contributed by atoms with Crippen molar-refractivity contribution in [3.63, 3.8) is 0 Å². The van der Waals surface area contributed by atoms with Crippen LogP contribution in [0.3, 0.4) is 0 Å². The molecule has 2 aromatic heterocycles. The summed E-state index contributed by atoms with van der Waals surface area (Å²) in [6, 6.07) is 14.5. The smallest absolute Gasteiger partial charge is 0.191 e. The van der Waals surface area contributed by atoms with Gasteiger partial charge in [-0.15, -0.1) is 10.2 Å². The fourth-order valence-electron chi connectivity index (χ4n) is 3.56. The van der Waals surface area contributed by atoms with Crippen LogP contribution in [0.1, 0.15) is 35.9 Å². The number of rotatable bonds is 6. The Hall–Kier alpha value is -2.05. The lowest BCUT2D eigenvalue weighted by molar-refractivity contribution is 0.182. The van der Waals surface area contributed by atoms with Gasteiger partial charge >= 0.3 is 0 Å². The lowest BCUT2D eigenvalue weighted by Crippen LogP contribution is -2.34. The van der Waals surface area contributed by atoms with E-state index in [4.69, 9.17) is 4.42 Å². The van der Waals surface area contributed by atoms with Crippen LogP contribution in [0.5, 0.6) is 0 Å². The summed E-state index contributed by atoms with van der Waals surface area (Å²) >= 11 is 1.75. The monoisotopic (exact) mass is 368 g/mol. The zero-order valence-corrected chi connectivity index (χ0v) is 15.9. The number of hydrogen-bond acceptors (Lipinski definition) is 5. The van der Waals surface area contributed by atoms with Gasteiger partial charge in [0, 0.05) is 25.3 Å². The van der Waals surface area contributed by atoms with E-state index in [0.717, 1.165) is 42.1 Å². The minimum Gasteiger partial charge on any atom is -0.468 e. The largest absolute Gasteiger partial charge is 0.468 e. The number of furan rings is 1. The fraction of sp³-hybridized carbons (Fsp3) is 0.400. The number of piperidine rings is 1. The molecule has 26 heavy (non-hydrogen) atoms. The highest BCUT2D eigenvalue weighted by atomic mass is 32.2. The van der Waals surface area contributed by atoms with Crippen molar-refractivity contribution in [1.29, 1.82) is 0 Å². The highest BCUT2D eigenvalue weighted by Crippen LogP contribution is 2.29. The maximum absolute atomic E-state index is 5.50. The standard InChI is InChI=1S/C20H24N4OS/c1-23-19(21-22-20(23)26-15-16-7-3-2-4-8-16)17-9-5-11-24(13-17)14-18-10-6-12-25-18/h2-4,6-8,10,12,17H,5,9,11,13-15H2,1H3/t17-/m0/s1. The van der Waals surface area contributed by atoms with Crippen LogP contribution in [0.2, 0.25) is 0 Å². The molecule has 6 heteroatoms. The Balaban J connectivity index is 1.40. The van der Waals surface area contributed by atoms with E-state index in [0.29, 0.717) is 5.92 Å². The number of aromatic nitrogens is 3.